The molecule has 144 valence electrons. The number of aromatic nitrogens is 3. The minimum atomic E-state index is -2.57. The van der Waals surface area contributed by atoms with Crippen molar-refractivity contribution in [3.63, 3.8) is 0 Å². The molecule has 0 radical (unpaired) electrons. The fourth-order valence-corrected chi connectivity index (χ4v) is 3.29. The van der Waals surface area contributed by atoms with Crippen LogP contribution < -0.4 is 9.64 Å². The summed E-state index contributed by atoms with van der Waals surface area (Å²) < 4.78 is 31.6. The molecule has 6 nitrogen and oxygen atoms in total. The largest absolute Gasteiger partial charge is 0.481 e. The van der Waals surface area contributed by atoms with Gasteiger partial charge in [0.2, 0.25) is 5.88 Å². The van der Waals surface area contributed by atoms with Crippen molar-refractivity contribution in [2.24, 2.45) is 0 Å². The molecule has 1 saturated carbocycles. The monoisotopic (exact) mass is 375 g/mol. The number of rotatable bonds is 6. The first-order valence-electron chi connectivity index (χ1n) is 9.26. The van der Waals surface area contributed by atoms with E-state index >= 15 is 0 Å². The summed E-state index contributed by atoms with van der Waals surface area (Å²) in [4.78, 5) is 17.5. The van der Waals surface area contributed by atoms with Crippen LogP contribution in [0.25, 0.3) is 0 Å². The Balaban J connectivity index is 1.41. The van der Waals surface area contributed by atoms with Crippen LogP contribution in [0.1, 0.15) is 42.4 Å². The molecule has 0 aromatic carbocycles. The first-order chi connectivity index (χ1) is 13.1. The zero-order valence-corrected chi connectivity index (χ0v) is 15.3. The maximum atomic E-state index is 13.2. The molecule has 0 bridgehead atoms. The minimum Gasteiger partial charge on any atom is -0.481 e. The van der Waals surface area contributed by atoms with Crippen molar-refractivity contribution in [2.45, 2.75) is 31.7 Å². The van der Waals surface area contributed by atoms with Gasteiger partial charge in [0, 0.05) is 50.8 Å². The molecule has 0 unspecified atom stereocenters. The number of halogens is 2. The van der Waals surface area contributed by atoms with Crippen molar-refractivity contribution in [2.75, 3.05) is 38.2 Å². The number of nitrogens with zero attached hydrogens (tertiary/aromatic N) is 5. The lowest BCUT2D eigenvalue weighted by Gasteiger charge is -2.35. The second-order valence-corrected chi connectivity index (χ2v) is 7.02. The standard InChI is InChI=1S/C19H23F2N5O/c1-27-17-4-2-3-14(22-17)12-25-7-9-26(10-8-25)16-11-15(18(20)21)23-19(24-16)13-5-6-13/h2-4,11,13,18H,5-10,12H2,1H3. The summed E-state index contributed by atoms with van der Waals surface area (Å²) in [6.07, 6.45) is -0.578. The summed E-state index contributed by atoms with van der Waals surface area (Å²) in [6.45, 7) is 3.88. The van der Waals surface area contributed by atoms with Gasteiger partial charge in [0.1, 0.15) is 17.3 Å². The van der Waals surface area contributed by atoms with E-state index in [-0.39, 0.29) is 11.6 Å². The average Bonchev–Trinajstić information content (AvgIpc) is 3.54. The molecule has 2 aromatic rings. The maximum Gasteiger partial charge on any atom is 0.280 e. The van der Waals surface area contributed by atoms with E-state index in [4.69, 9.17) is 4.74 Å². The Hall–Kier alpha value is -2.35. The molecule has 1 aliphatic carbocycles. The predicted octanol–water partition coefficient (Wildman–Crippen LogP) is 3.02. The number of alkyl halides is 2. The van der Waals surface area contributed by atoms with Crippen LogP contribution in [0.3, 0.4) is 0 Å². The Labute approximate surface area is 157 Å². The second kappa shape index (κ2) is 7.72. The highest BCUT2D eigenvalue weighted by Gasteiger charge is 2.29. The Bertz CT molecular complexity index is 771. The third-order valence-electron chi connectivity index (χ3n) is 4.99. The van der Waals surface area contributed by atoms with Crippen LogP contribution in [0.2, 0.25) is 0 Å². The van der Waals surface area contributed by atoms with Gasteiger partial charge < -0.3 is 9.64 Å². The first kappa shape index (κ1) is 18.0. The highest BCUT2D eigenvalue weighted by Crippen LogP contribution is 2.39. The molecule has 2 aliphatic rings. The lowest BCUT2D eigenvalue weighted by atomic mass is 10.2. The predicted molar refractivity (Wildman–Crippen MR) is 97.2 cm³/mol. The molecule has 0 N–H and O–H groups in total. The topological polar surface area (TPSA) is 54.4 Å². The lowest BCUT2D eigenvalue weighted by molar-refractivity contribution is 0.145. The number of hydrogen-bond donors (Lipinski definition) is 0. The molecule has 0 spiro atoms. The van der Waals surface area contributed by atoms with E-state index in [9.17, 15) is 8.78 Å². The van der Waals surface area contributed by atoms with E-state index in [2.05, 4.69) is 24.8 Å². The molecule has 0 atom stereocenters. The number of hydrogen-bond acceptors (Lipinski definition) is 6. The van der Waals surface area contributed by atoms with Gasteiger partial charge in [-0.15, -0.1) is 0 Å². The van der Waals surface area contributed by atoms with Gasteiger partial charge in [0.15, 0.2) is 0 Å². The molecule has 27 heavy (non-hydrogen) atoms. The second-order valence-electron chi connectivity index (χ2n) is 7.02. The van der Waals surface area contributed by atoms with Gasteiger partial charge in [0.05, 0.1) is 12.8 Å². The van der Waals surface area contributed by atoms with Crippen LogP contribution in [0.5, 0.6) is 5.88 Å². The SMILES string of the molecule is COc1cccc(CN2CCN(c3cc(C(F)F)nc(C4CC4)n3)CC2)n1. The first-order valence-corrected chi connectivity index (χ1v) is 9.26. The minimum absolute atomic E-state index is 0.162. The molecule has 2 aromatic heterocycles. The summed E-state index contributed by atoms with van der Waals surface area (Å²) in [6, 6.07) is 7.18. The molecule has 3 heterocycles. The van der Waals surface area contributed by atoms with Crippen LogP contribution in [0, 0.1) is 0 Å². The van der Waals surface area contributed by atoms with E-state index in [1.165, 1.54) is 6.07 Å². The summed E-state index contributed by atoms with van der Waals surface area (Å²) in [5.41, 5.74) is 0.797. The summed E-state index contributed by atoms with van der Waals surface area (Å²) in [5.74, 6) is 2.06. The molecular formula is C19H23F2N5O. The molecule has 8 heteroatoms. The van der Waals surface area contributed by atoms with Gasteiger partial charge in [-0.1, -0.05) is 6.07 Å². The quantitative estimate of drug-likeness (QED) is 0.774. The van der Waals surface area contributed by atoms with Gasteiger partial charge in [-0.25, -0.2) is 23.7 Å². The van der Waals surface area contributed by atoms with Crippen molar-refractivity contribution in [1.29, 1.82) is 0 Å². The summed E-state index contributed by atoms with van der Waals surface area (Å²) in [7, 11) is 1.61. The zero-order valence-electron chi connectivity index (χ0n) is 15.3. The average molecular weight is 375 g/mol. The van der Waals surface area contributed by atoms with Crippen molar-refractivity contribution in [1.82, 2.24) is 19.9 Å². The van der Waals surface area contributed by atoms with E-state index in [1.54, 1.807) is 7.11 Å². The number of ether oxygens (including phenoxy) is 1. The van der Waals surface area contributed by atoms with Crippen molar-refractivity contribution in [3.8, 4) is 5.88 Å². The number of piperazine rings is 1. The Morgan fingerprint density at radius 2 is 1.89 bits per heavy atom. The fraction of sp³-hybridized carbons (Fsp3) is 0.526. The Kier molecular flexibility index (Phi) is 5.15. The number of pyridine rings is 1. The highest BCUT2D eigenvalue weighted by molar-refractivity contribution is 5.41. The van der Waals surface area contributed by atoms with E-state index in [1.807, 2.05) is 18.2 Å². The normalized spacial score (nSPS) is 18.1. The van der Waals surface area contributed by atoms with Gasteiger partial charge in [-0.2, -0.15) is 0 Å². The van der Waals surface area contributed by atoms with Gasteiger partial charge in [-0.05, 0) is 18.9 Å². The van der Waals surface area contributed by atoms with Crippen LogP contribution in [0.15, 0.2) is 24.3 Å². The van der Waals surface area contributed by atoms with Gasteiger partial charge >= 0.3 is 0 Å². The van der Waals surface area contributed by atoms with Gasteiger partial charge in [0.25, 0.3) is 6.43 Å². The highest BCUT2D eigenvalue weighted by atomic mass is 19.3. The molecule has 0 amide bonds. The van der Waals surface area contributed by atoms with Crippen LogP contribution >= 0.6 is 0 Å². The van der Waals surface area contributed by atoms with Crippen LogP contribution in [-0.4, -0.2) is 53.1 Å². The Morgan fingerprint density at radius 1 is 1.11 bits per heavy atom. The van der Waals surface area contributed by atoms with E-state index in [0.717, 1.165) is 51.3 Å². The molecule has 1 aliphatic heterocycles. The van der Waals surface area contributed by atoms with E-state index < -0.39 is 6.43 Å². The molecule has 4 rings (SSSR count). The zero-order chi connectivity index (χ0) is 18.8. The van der Waals surface area contributed by atoms with Gasteiger partial charge in [-0.3, -0.25) is 4.90 Å². The lowest BCUT2D eigenvalue weighted by Crippen LogP contribution is -2.46. The van der Waals surface area contributed by atoms with Crippen molar-refractivity contribution < 1.29 is 13.5 Å². The Morgan fingerprint density at radius 3 is 2.56 bits per heavy atom. The van der Waals surface area contributed by atoms with Crippen LogP contribution in [0.4, 0.5) is 14.6 Å². The molecule has 2 fully saturated rings. The maximum absolute atomic E-state index is 13.2. The number of methoxy groups -OCH3 is 1. The third kappa shape index (κ3) is 4.32. The summed E-state index contributed by atoms with van der Waals surface area (Å²) >= 11 is 0. The van der Waals surface area contributed by atoms with Crippen molar-refractivity contribution in [3.05, 3.63) is 41.5 Å². The van der Waals surface area contributed by atoms with Crippen LogP contribution in [-0.2, 0) is 6.54 Å². The summed E-state index contributed by atoms with van der Waals surface area (Å²) in [5, 5.41) is 0. The number of anilines is 1. The third-order valence-corrected chi connectivity index (χ3v) is 4.99. The smallest absolute Gasteiger partial charge is 0.280 e. The fourth-order valence-electron chi connectivity index (χ4n) is 3.29. The van der Waals surface area contributed by atoms with Crippen molar-refractivity contribution >= 4 is 5.82 Å². The molecule has 1 saturated heterocycles. The molecular weight excluding hydrogens is 352 g/mol. The van der Waals surface area contributed by atoms with E-state index in [0.29, 0.717) is 17.5 Å².